The van der Waals surface area contributed by atoms with Crippen LogP contribution in [0.1, 0.15) is 45.7 Å². The molecule has 6 nitrogen and oxygen atoms in total. The predicted octanol–water partition coefficient (Wildman–Crippen LogP) is 4.72. The van der Waals surface area contributed by atoms with Crippen LogP contribution in [0.5, 0.6) is 0 Å². The van der Waals surface area contributed by atoms with Crippen LogP contribution in [0.25, 0.3) is 11.4 Å². The van der Waals surface area contributed by atoms with Gasteiger partial charge in [-0.15, -0.1) is 0 Å². The van der Waals surface area contributed by atoms with Crippen molar-refractivity contribution >= 4 is 9.76 Å². The third-order valence-corrected chi connectivity index (χ3v) is 7.45. The van der Waals surface area contributed by atoms with Crippen LogP contribution in [-0.2, 0) is 16.6 Å². The van der Waals surface area contributed by atoms with Gasteiger partial charge in [0.05, 0.1) is 12.2 Å². The summed E-state index contributed by atoms with van der Waals surface area (Å²) in [5, 5.41) is 9.11. The van der Waals surface area contributed by atoms with Crippen molar-refractivity contribution < 1.29 is 9.53 Å². The first-order valence-electron chi connectivity index (χ1n) is 12.3. The molecule has 0 atom stereocenters. The SMILES string of the molecule is CC(C)(C)[SiH2]OC(C)(C)c1ccn(-c2ccccc2)c(=O)c1.O=c1cc(CO)ccn1-c1ccccc1. The minimum absolute atomic E-state index is 0.0298. The lowest BCUT2D eigenvalue weighted by Crippen LogP contribution is -2.30. The first-order chi connectivity index (χ1) is 17.5. The van der Waals surface area contributed by atoms with Crippen molar-refractivity contribution in [2.45, 2.75) is 51.9 Å². The van der Waals surface area contributed by atoms with Crippen molar-refractivity contribution in [3.8, 4) is 11.4 Å². The number of aliphatic hydroxyl groups excluding tert-OH is 1. The number of rotatable bonds is 6. The zero-order valence-electron chi connectivity index (χ0n) is 22.2. The fourth-order valence-electron chi connectivity index (χ4n) is 3.56. The Balaban J connectivity index is 0.000000220. The Labute approximate surface area is 220 Å². The molecule has 4 rings (SSSR count). The van der Waals surface area contributed by atoms with E-state index < -0.39 is 15.4 Å². The molecule has 1 N–H and O–H groups in total. The molecule has 2 aromatic heterocycles. The highest BCUT2D eigenvalue weighted by atomic mass is 28.2. The van der Waals surface area contributed by atoms with Crippen LogP contribution in [0, 0.1) is 0 Å². The number of aliphatic hydroxyl groups is 1. The van der Waals surface area contributed by atoms with E-state index in [2.05, 4.69) is 20.8 Å². The molecule has 0 bridgehead atoms. The van der Waals surface area contributed by atoms with Crippen molar-refractivity contribution in [3.63, 3.8) is 0 Å². The molecular weight excluding hydrogens is 480 g/mol. The molecule has 0 aliphatic heterocycles. The maximum Gasteiger partial charge on any atom is 0.255 e. The smallest absolute Gasteiger partial charge is 0.255 e. The highest BCUT2D eigenvalue weighted by Gasteiger charge is 2.25. The number of aromatic nitrogens is 2. The Hall–Kier alpha value is -3.52. The summed E-state index contributed by atoms with van der Waals surface area (Å²) >= 11 is 0. The average Bonchev–Trinajstić information content (AvgIpc) is 2.88. The van der Waals surface area contributed by atoms with Gasteiger partial charge in [-0.25, -0.2) is 0 Å². The summed E-state index contributed by atoms with van der Waals surface area (Å²) in [6, 6.07) is 25.9. The summed E-state index contributed by atoms with van der Waals surface area (Å²) in [7, 11) is -0.680. The molecule has 0 radical (unpaired) electrons. The largest absolute Gasteiger partial charge is 0.415 e. The van der Waals surface area contributed by atoms with Crippen LogP contribution < -0.4 is 11.1 Å². The number of para-hydroxylation sites is 2. The summed E-state index contributed by atoms with van der Waals surface area (Å²) in [5.74, 6) is 0. The van der Waals surface area contributed by atoms with E-state index in [0.717, 1.165) is 16.9 Å². The topological polar surface area (TPSA) is 73.5 Å². The Kier molecular flexibility index (Phi) is 9.21. The molecule has 37 heavy (non-hydrogen) atoms. The molecular formula is C30H36N2O4Si. The van der Waals surface area contributed by atoms with E-state index in [1.807, 2.05) is 86.8 Å². The van der Waals surface area contributed by atoms with Gasteiger partial charge in [-0.2, -0.15) is 0 Å². The van der Waals surface area contributed by atoms with E-state index in [4.69, 9.17) is 9.53 Å². The van der Waals surface area contributed by atoms with Crippen LogP contribution in [0.15, 0.2) is 107 Å². The molecule has 0 fully saturated rings. The highest BCUT2D eigenvalue weighted by molar-refractivity contribution is 6.31. The molecule has 0 saturated carbocycles. The number of nitrogens with zero attached hydrogens (tertiary/aromatic N) is 2. The van der Waals surface area contributed by atoms with Crippen LogP contribution in [-0.4, -0.2) is 24.0 Å². The first kappa shape index (κ1) is 28.1. The number of hydrogen-bond acceptors (Lipinski definition) is 4. The zero-order valence-corrected chi connectivity index (χ0v) is 23.6. The molecule has 7 heteroatoms. The van der Waals surface area contributed by atoms with Crippen molar-refractivity contribution in [1.29, 1.82) is 0 Å². The number of pyridine rings is 2. The molecule has 0 saturated heterocycles. The maximum absolute atomic E-state index is 12.4. The van der Waals surface area contributed by atoms with E-state index in [0.29, 0.717) is 5.56 Å². The summed E-state index contributed by atoms with van der Waals surface area (Å²) in [6.07, 6.45) is 3.50. The third-order valence-electron chi connectivity index (χ3n) is 5.72. The normalized spacial score (nSPS) is 11.8. The quantitative estimate of drug-likeness (QED) is 0.376. The number of hydrogen-bond donors (Lipinski definition) is 1. The summed E-state index contributed by atoms with van der Waals surface area (Å²) < 4.78 is 9.37. The molecule has 2 aromatic carbocycles. The van der Waals surface area contributed by atoms with Gasteiger partial charge in [0.25, 0.3) is 11.1 Å². The van der Waals surface area contributed by atoms with Gasteiger partial charge in [-0.1, -0.05) is 57.2 Å². The third kappa shape index (κ3) is 7.98. The second kappa shape index (κ2) is 12.1. The maximum atomic E-state index is 12.4. The monoisotopic (exact) mass is 516 g/mol. The molecule has 2 heterocycles. The van der Waals surface area contributed by atoms with Gasteiger partial charge in [0.15, 0.2) is 9.76 Å². The lowest BCUT2D eigenvalue weighted by molar-refractivity contribution is 0.109. The molecule has 0 amide bonds. The van der Waals surface area contributed by atoms with E-state index in [1.54, 1.807) is 27.5 Å². The van der Waals surface area contributed by atoms with E-state index in [1.165, 1.54) is 6.07 Å². The molecule has 0 aliphatic rings. The Morgan fingerprint density at radius 1 is 0.730 bits per heavy atom. The number of benzene rings is 2. The standard InChI is InChI=1S/C18H25NO2Si.C12H11NO2/c1-17(2,3)22-21-18(4,5)14-11-12-19(16(20)13-14)15-9-7-6-8-10-15;14-9-10-6-7-13(12(15)8-10)11-4-2-1-3-5-11/h6-13H,22H2,1-5H3;1-8,14H,9H2. The summed E-state index contributed by atoms with van der Waals surface area (Å²) in [6.45, 7) is 10.6. The fourth-order valence-corrected chi connectivity index (χ4v) is 4.52. The van der Waals surface area contributed by atoms with Gasteiger partial charge in [0, 0.05) is 35.9 Å². The molecule has 4 aromatic rings. The van der Waals surface area contributed by atoms with E-state index in [9.17, 15) is 9.59 Å². The lowest BCUT2D eigenvalue weighted by atomic mass is 10.00. The highest BCUT2D eigenvalue weighted by Crippen LogP contribution is 2.28. The van der Waals surface area contributed by atoms with Crippen LogP contribution in [0.3, 0.4) is 0 Å². The second-order valence-corrected chi connectivity index (χ2v) is 13.3. The van der Waals surface area contributed by atoms with E-state index in [-0.39, 0.29) is 22.8 Å². The van der Waals surface area contributed by atoms with Crippen molar-refractivity contribution in [1.82, 2.24) is 9.13 Å². The van der Waals surface area contributed by atoms with Gasteiger partial charge in [-0.05, 0) is 66.4 Å². The molecule has 0 aliphatic carbocycles. The first-order valence-corrected chi connectivity index (χ1v) is 13.6. The Morgan fingerprint density at radius 2 is 1.22 bits per heavy atom. The van der Waals surface area contributed by atoms with Gasteiger partial charge in [0.1, 0.15) is 0 Å². The van der Waals surface area contributed by atoms with Gasteiger partial charge >= 0.3 is 0 Å². The van der Waals surface area contributed by atoms with E-state index >= 15 is 0 Å². The minimum Gasteiger partial charge on any atom is -0.415 e. The van der Waals surface area contributed by atoms with Crippen LogP contribution in [0.2, 0.25) is 5.04 Å². The van der Waals surface area contributed by atoms with Crippen LogP contribution >= 0.6 is 0 Å². The second-order valence-electron chi connectivity index (χ2n) is 10.6. The van der Waals surface area contributed by atoms with Crippen molar-refractivity contribution in [2.24, 2.45) is 0 Å². The molecule has 0 unspecified atom stereocenters. The minimum atomic E-state index is -0.680. The average molecular weight is 517 g/mol. The Bertz CT molecular complexity index is 1410. The zero-order chi connectivity index (χ0) is 27.1. The van der Waals surface area contributed by atoms with Crippen molar-refractivity contribution in [3.05, 3.63) is 129 Å². The van der Waals surface area contributed by atoms with Gasteiger partial charge in [-0.3, -0.25) is 18.7 Å². The predicted molar refractivity (Wildman–Crippen MR) is 152 cm³/mol. The van der Waals surface area contributed by atoms with Crippen molar-refractivity contribution in [2.75, 3.05) is 0 Å². The lowest BCUT2D eigenvalue weighted by Gasteiger charge is -2.30. The van der Waals surface area contributed by atoms with Gasteiger partial charge < -0.3 is 9.53 Å². The van der Waals surface area contributed by atoms with Gasteiger partial charge in [0.2, 0.25) is 0 Å². The molecule has 0 spiro atoms. The fraction of sp³-hybridized carbons (Fsp3) is 0.267. The molecule has 194 valence electrons. The Morgan fingerprint density at radius 3 is 1.65 bits per heavy atom. The van der Waals surface area contributed by atoms with Crippen LogP contribution in [0.4, 0.5) is 0 Å². The summed E-state index contributed by atoms with van der Waals surface area (Å²) in [4.78, 5) is 24.1. The summed E-state index contributed by atoms with van der Waals surface area (Å²) in [5.41, 5.74) is 2.68.